The van der Waals surface area contributed by atoms with Crippen molar-refractivity contribution in [3.05, 3.63) is 87.8 Å². The van der Waals surface area contributed by atoms with Crippen molar-refractivity contribution in [2.24, 2.45) is 0 Å². The Balaban J connectivity index is 0.000000167. The van der Waals surface area contributed by atoms with Gasteiger partial charge in [0.25, 0.3) is 11.8 Å². The van der Waals surface area contributed by atoms with Crippen molar-refractivity contribution < 1.29 is 28.7 Å². The fraction of sp³-hybridized carbons (Fsp3) is 0.357. The molecule has 0 unspecified atom stereocenters. The highest BCUT2D eigenvalue weighted by Crippen LogP contribution is 2.35. The largest absolute Gasteiger partial charge is 0.443 e. The van der Waals surface area contributed by atoms with Crippen LogP contribution >= 0.6 is 11.6 Å². The summed E-state index contributed by atoms with van der Waals surface area (Å²) in [6.07, 6.45) is 10.9. The van der Waals surface area contributed by atoms with Crippen LogP contribution in [0.15, 0.2) is 66.0 Å². The Morgan fingerprint density at radius 3 is 2.03 bits per heavy atom. The molecule has 6 heterocycles. The number of imide groups is 2. The van der Waals surface area contributed by atoms with Crippen LogP contribution in [0.1, 0.15) is 95.4 Å². The highest BCUT2D eigenvalue weighted by Gasteiger charge is 2.38. The molecule has 4 aromatic heterocycles. The van der Waals surface area contributed by atoms with Crippen LogP contribution < -0.4 is 26.2 Å². The number of aromatic nitrogens is 6. The number of nitrogens with one attached hydrogen (secondary N) is 4. The molecule has 4 N–H and O–H groups in total. The van der Waals surface area contributed by atoms with Crippen molar-refractivity contribution in [2.45, 2.75) is 96.4 Å². The van der Waals surface area contributed by atoms with E-state index in [-0.39, 0.29) is 47.8 Å². The van der Waals surface area contributed by atoms with Crippen LogP contribution in [0.4, 0.5) is 22.2 Å². The van der Waals surface area contributed by atoms with E-state index in [4.69, 9.17) is 21.3 Å². The van der Waals surface area contributed by atoms with Gasteiger partial charge in [0.15, 0.2) is 11.3 Å². The average Bonchev–Trinajstić information content (AvgIpc) is 4.06. The van der Waals surface area contributed by atoms with Gasteiger partial charge in [-0.25, -0.2) is 14.8 Å². The zero-order valence-corrected chi connectivity index (χ0v) is 34.2. The number of carbonyl (C=O) groups excluding carboxylic acids is 5. The number of carbonyl (C=O) groups is 5. The molecule has 1 atom stereocenters. The Morgan fingerprint density at radius 2 is 1.50 bits per heavy atom. The first-order valence-electron chi connectivity index (χ1n) is 19.9. The Hall–Kier alpha value is -6.62. The van der Waals surface area contributed by atoms with Crippen LogP contribution in [0.25, 0.3) is 23.4 Å². The number of halogens is 1. The third-order valence-electron chi connectivity index (χ3n) is 10.0. The zero-order valence-electron chi connectivity index (χ0n) is 33.5. The number of fused-ring (bicyclic) bond motifs is 2. The minimum absolute atomic E-state index is 0.00393. The SMILES string of the molecule is CC(C)(C)OC(=O)N(c1cc(Cl)nc2c(/C=C3\CC(=O)NC3=O)cnn12)C1CC1.CC[C@@H](Nc1cc(NC2CC2)n2ncc(/C=C3\CC(=O)NC3=O)c2n1)c1ccccc1. The summed E-state index contributed by atoms with van der Waals surface area (Å²) >= 11 is 6.24. The minimum atomic E-state index is -0.651. The van der Waals surface area contributed by atoms with E-state index in [9.17, 15) is 24.0 Å². The van der Waals surface area contributed by atoms with Crippen LogP contribution in [-0.2, 0) is 23.9 Å². The van der Waals surface area contributed by atoms with Crippen molar-refractivity contribution in [3.8, 4) is 0 Å². The molecule has 5 aromatic rings. The van der Waals surface area contributed by atoms with Crippen LogP contribution in [-0.4, -0.2) is 76.6 Å². The fourth-order valence-corrected chi connectivity index (χ4v) is 7.06. The molecular formula is C42H44ClN11O6. The van der Waals surface area contributed by atoms with Crippen molar-refractivity contribution in [3.63, 3.8) is 0 Å². The molecule has 17 nitrogen and oxygen atoms in total. The molecule has 18 heteroatoms. The summed E-state index contributed by atoms with van der Waals surface area (Å²) in [6, 6.07) is 14.4. The van der Waals surface area contributed by atoms with E-state index in [1.54, 1.807) is 54.6 Å². The molecule has 4 aliphatic rings. The van der Waals surface area contributed by atoms with Crippen LogP contribution in [0, 0.1) is 0 Å². The standard InChI is InChI=1S/C23H24N6O2.C19H20ClN5O4/c1-2-18(14-6-4-3-5-7-14)26-19-12-20(25-17-8-9-17)29-22(27-19)16(13-24-29)10-15-11-21(30)28-23(15)31;1-19(2,3)29-18(28)24(12-4-5-12)15-8-13(20)22-16-11(9-21-25(15)16)6-10-7-14(26)23-17(10)27/h3-7,10,12-13,17-18,25H,2,8-9,11H2,1H3,(H,26,27)(H,28,30,31);6,8-9,12H,4-5,7H2,1-3H3,(H,23,26,27)/b15-10+;10-6+/t18-;/m1./s1. The molecule has 5 amide bonds. The Labute approximate surface area is 349 Å². The first-order valence-corrected chi connectivity index (χ1v) is 20.2. The number of hydrogen-bond donors (Lipinski definition) is 4. The highest BCUT2D eigenvalue weighted by molar-refractivity contribution is 6.30. The van der Waals surface area contributed by atoms with Gasteiger partial charge in [0.05, 0.1) is 31.3 Å². The summed E-state index contributed by atoms with van der Waals surface area (Å²) in [6.45, 7) is 7.54. The Bertz CT molecular complexity index is 2600. The maximum atomic E-state index is 12.9. The molecule has 4 fully saturated rings. The van der Waals surface area contributed by atoms with Crippen LogP contribution in [0.3, 0.4) is 0 Å². The van der Waals surface area contributed by atoms with E-state index in [1.165, 1.54) is 16.3 Å². The first kappa shape index (κ1) is 40.2. The van der Waals surface area contributed by atoms with Crippen molar-refractivity contribution in [1.82, 2.24) is 39.8 Å². The van der Waals surface area contributed by atoms with E-state index < -0.39 is 17.6 Å². The molecule has 2 saturated heterocycles. The number of ether oxygens (including phenoxy) is 1. The predicted molar refractivity (Wildman–Crippen MR) is 224 cm³/mol. The third kappa shape index (κ3) is 9.00. The molecule has 2 saturated carbocycles. The number of hydrogen-bond acceptors (Lipinski definition) is 12. The molecular weight excluding hydrogens is 790 g/mol. The second-order valence-electron chi connectivity index (χ2n) is 16.1. The van der Waals surface area contributed by atoms with Crippen molar-refractivity contribution >= 4 is 82.2 Å². The average molecular weight is 834 g/mol. The third-order valence-corrected chi connectivity index (χ3v) is 10.2. The van der Waals surface area contributed by atoms with Crippen LogP contribution in [0.5, 0.6) is 0 Å². The number of rotatable bonds is 10. The normalized spacial score (nSPS) is 18.4. The summed E-state index contributed by atoms with van der Waals surface area (Å²) in [4.78, 5) is 70.4. The Morgan fingerprint density at radius 1 is 0.900 bits per heavy atom. The predicted octanol–water partition coefficient (Wildman–Crippen LogP) is 6.01. The lowest BCUT2D eigenvalue weighted by atomic mass is 10.0. The van der Waals surface area contributed by atoms with Gasteiger partial charge in [-0.3, -0.25) is 34.7 Å². The summed E-state index contributed by atoms with van der Waals surface area (Å²) in [5.41, 5.74) is 3.52. The van der Waals surface area contributed by atoms with Gasteiger partial charge in [-0.2, -0.15) is 19.2 Å². The molecule has 60 heavy (non-hydrogen) atoms. The Kier molecular flexibility index (Phi) is 10.8. The smallest absolute Gasteiger partial charge is 0.416 e. The number of benzene rings is 1. The quantitative estimate of drug-likeness (QED) is 0.0725. The fourth-order valence-electron chi connectivity index (χ4n) is 6.88. The second-order valence-corrected chi connectivity index (χ2v) is 16.5. The van der Waals surface area contributed by atoms with E-state index in [2.05, 4.69) is 55.5 Å². The monoisotopic (exact) mass is 833 g/mol. The molecule has 2 aliphatic carbocycles. The van der Waals surface area contributed by atoms with E-state index in [0.29, 0.717) is 45.4 Å². The van der Waals surface area contributed by atoms with Gasteiger partial charge in [-0.1, -0.05) is 48.9 Å². The maximum absolute atomic E-state index is 12.9. The lowest BCUT2D eigenvalue weighted by molar-refractivity contribution is -0.125. The minimum Gasteiger partial charge on any atom is -0.443 e. The van der Waals surface area contributed by atoms with Crippen molar-refractivity contribution in [2.75, 3.05) is 15.5 Å². The first-order chi connectivity index (χ1) is 28.7. The number of anilines is 3. The molecule has 310 valence electrons. The van der Waals surface area contributed by atoms with Gasteiger partial charge < -0.3 is 15.4 Å². The topological polar surface area (TPSA) is 206 Å². The van der Waals surface area contributed by atoms with Gasteiger partial charge in [-0.05, 0) is 70.6 Å². The van der Waals surface area contributed by atoms with Crippen molar-refractivity contribution in [1.29, 1.82) is 0 Å². The maximum Gasteiger partial charge on any atom is 0.416 e. The number of nitrogens with zero attached hydrogens (tertiary/aromatic N) is 7. The van der Waals surface area contributed by atoms with Gasteiger partial charge in [0.1, 0.15) is 28.2 Å². The molecule has 1 aromatic carbocycles. The molecule has 0 spiro atoms. The van der Waals surface area contributed by atoms with E-state index in [0.717, 1.165) is 43.7 Å². The van der Waals surface area contributed by atoms with E-state index >= 15 is 0 Å². The number of amides is 5. The van der Waals surface area contributed by atoms with Gasteiger partial charge in [0.2, 0.25) is 11.8 Å². The molecule has 0 bridgehead atoms. The second kappa shape index (κ2) is 16.2. The summed E-state index contributed by atoms with van der Waals surface area (Å²) in [5.74, 6) is 0.596. The summed E-state index contributed by atoms with van der Waals surface area (Å²) in [5, 5.41) is 20.6. The van der Waals surface area contributed by atoms with Crippen LogP contribution in [0.2, 0.25) is 5.15 Å². The highest BCUT2D eigenvalue weighted by atomic mass is 35.5. The van der Waals surface area contributed by atoms with E-state index in [1.807, 2.05) is 24.3 Å². The molecule has 2 aliphatic heterocycles. The lowest BCUT2D eigenvalue weighted by Gasteiger charge is -2.27. The summed E-state index contributed by atoms with van der Waals surface area (Å²) < 4.78 is 8.82. The lowest BCUT2D eigenvalue weighted by Crippen LogP contribution is -2.39. The zero-order chi connectivity index (χ0) is 42.3. The summed E-state index contributed by atoms with van der Waals surface area (Å²) in [7, 11) is 0. The molecule has 9 rings (SSSR count). The van der Waals surface area contributed by atoms with Gasteiger partial charge in [-0.15, -0.1) is 0 Å². The molecule has 0 radical (unpaired) electrons. The van der Waals surface area contributed by atoms with Gasteiger partial charge in [0, 0.05) is 46.5 Å². The van der Waals surface area contributed by atoms with Gasteiger partial charge >= 0.3 is 6.09 Å².